The fourth-order valence-electron chi connectivity index (χ4n) is 1.78. The molecule has 0 aliphatic carbocycles. The number of nitro groups is 1. The zero-order valence-electron chi connectivity index (χ0n) is 11.5. The maximum absolute atomic E-state index is 10.6. The molecule has 0 spiro atoms. The third kappa shape index (κ3) is 2.87. The molecule has 0 N–H and O–H groups in total. The highest BCUT2D eigenvalue weighted by Gasteiger charge is 2.12. The number of hydrogen-bond donors (Lipinski definition) is 0. The van der Waals surface area contributed by atoms with Crippen LogP contribution in [0, 0.1) is 10.1 Å². The van der Waals surface area contributed by atoms with Crippen molar-refractivity contribution >= 4 is 22.0 Å². The van der Waals surface area contributed by atoms with E-state index in [4.69, 9.17) is 9.47 Å². The molecule has 0 bridgehead atoms. The number of fused-ring (bicyclic) bond motifs is 1. The Kier molecular flexibility index (Phi) is 3.94. The Labute approximate surface area is 128 Å². The van der Waals surface area contributed by atoms with Gasteiger partial charge in [0, 0.05) is 19.2 Å². The van der Waals surface area contributed by atoms with Gasteiger partial charge in [0.25, 0.3) is 5.69 Å². The molecule has 0 amide bonds. The van der Waals surface area contributed by atoms with Crippen LogP contribution in [0.5, 0.6) is 5.75 Å². The Bertz CT molecular complexity index is 798. The van der Waals surface area contributed by atoms with E-state index in [1.807, 2.05) is 0 Å². The second-order valence-corrected chi connectivity index (χ2v) is 5.32. The van der Waals surface area contributed by atoms with E-state index in [-0.39, 0.29) is 12.3 Å². The molecule has 0 atom stereocenters. The number of benzene rings is 1. The number of non-ortho nitro benzene ring substituents is 1. The highest BCUT2D eigenvalue weighted by Crippen LogP contribution is 2.20. The van der Waals surface area contributed by atoms with Crippen LogP contribution < -0.4 is 4.74 Å². The zero-order chi connectivity index (χ0) is 15.5. The lowest BCUT2D eigenvalue weighted by Crippen LogP contribution is -2.00. The summed E-state index contributed by atoms with van der Waals surface area (Å²) in [4.78, 5) is 10.8. The summed E-state index contributed by atoms with van der Waals surface area (Å²) in [5.74, 6) is 1.16. The van der Waals surface area contributed by atoms with Gasteiger partial charge in [-0.05, 0) is 12.1 Å². The summed E-state index contributed by atoms with van der Waals surface area (Å²) in [5.41, 5.74) is 0.0235. The Balaban J connectivity index is 1.69. The number of rotatable bonds is 6. The smallest absolute Gasteiger partial charge is 0.269 e. The quantitative estimate of drug-likeness (QED) is 0.503. The number of nitrogens with zero attached hydrogens (tertiary/aromatic N) is 5. The Hall–Kier alpha value is -2.59. The third-order valence-electron chi connectivity index (χ3n) is 2.78. The van der Waals surface area contributed by atoms with Gasteiger partial charge in [-0.25, -0.2) is 0 Å². The van der Waals surface area contributed by atoms with Gasteiger partial charge < -0.3 is 9.47 Å². The van der Waals surface area contributed by atoms with Crippen LogP contribution in [0.25, 0.3) is 4.96 Å². The molecular weight excluding hydrogens is 310 g/mol. The first-order valence-electron chi connectivity index (χ1n) is 6.23. The van der Waals surface area contributed by atoms with Crippen molar-refractivity contribution in [1.82, 2.24) is 19.8 Å². The zero-order valence-corrected chi connectivity index (χ0v) is 12.3. The third-order valence-corrected chi connectivity index (χ3v) is 3.65. The van der Waals surface area contributed by atoms with Crippen molar-refractivity contribution in [2.45, 2.75) is 13.2 Å². The summed E-state index contributed by atoms with van der Waals surface area (Å²) < 4.78 is 12.2. The minimum Gasteiger partial charge on any atom is -0.486 e. The molecule has 0 aliphatic rings. The van der Waals surface area contributed by atoms with E-state index in [2.05, 4.69) is 15.3 Å². The van der Waals surface area contributed by atoms with Crippen LogP contribution in [0.2, 0.25) is 0 Å². The fourth-order valence-corrected chi connectivity index (χ4v) is 2.55. The van der Waals surface area contributed by atoms with Gasteiger partial charge in [-0.2, -0.15) is 9.61 Å². The molecular formula is C12H11N5O4S. The van der Waals surface area contributed by atoms with Gasteiger partial charge in [0.15, 0.2) is 10.8 Å². The topological polar surface area (TPSA) is 105 Å². The van der Waals surface area contributed by atoms with Crippen molar-refractivity contribution in [1.29, 1.82) is 0 Å². The van der Waals surface area contributed by atoms with E-state index in [0.29, 0.717) is 23.1 Å². The van der Waals surface area contributed by atoms with Crippen LogP contribution in [0.1, 0.15) is 10.8 Å². The van der Waals surface area contributed by atoms with Crippen molar-refractivity contribution in [3.05, 3.63) is 45.2 Å². The fraction of sp³-hybridized carbons (Fsp3) is 0.250. The normalized spacial score (nSPS) is 11.0. The lowest BCUT2D eigenvalue weighted by molar-refractivity contribution is -0.384. The van der Waals surface area contributed by atoms with Crippen LogP contribution in [-0.2, 0) is 18.0 Å². The van der Waals surface area contributed by atoms with E-state index in [0.717, 1.165) is 5.01 Å². The average molecular weight is 321 g/mol. The van der Waals surface area contributed by atoms with Crippen LogP contribution >= 0.6 is 11.3 Å². The molecule has 22 heavy (non-hydrogen) atoms. The first kappa shape index (κ1) is 14.4. The van der Waals surface area contributed by atoms with Gasteiger partial charge >= 0.3 is 0 Å². The molecule has 10 heteroatoms. The van der Waals surface area contributed by atoms with Crippen LogP contribution in [-0.4, -0.2) is 31.8 Å². The van der Waals surface area contributed by atoms with E-state index in [1.165, 1.54) is 23.5 Å². The van der Waals surface area contributed by atoms with Gasteiger partial charge in [0.05, 0.1) is 4.92 Å². The minimum absolute atomic E-state index is 0.0235. The molecule has 0 fully saturated rings. The van der Waals surface area contributed by atoms with E-state index < -0.39 is 4.92 Å². The van der Waals surface area contributed by atoms with Crippen molar-refractivity contribution in [3.63, 3.8) is 0 Å². The largest absolute Gasteiger partial charge is 0.486 e. The Morgan fingerprint density at radius 3 is 2.73 bits per heavy atom. The highest BCUT2D eigenvalue weighted by atomic mass is 32.1. The molecule has 2 heterocycles. The predicted molar refractivity (Wildman–Crippen MR) is 76.8 cm³/mol. The second kappa shape index (κ2) is 6.03. The number of nitro benzene ring substituents is 1. The number of aromatic nitrogens is 4. The Morgan fingerprint density at radius 1 is 1.27 bits per heavy atom. The van der Waals surface area contributed by atoms with Crippen molar-refractivity contribution < 1.29 is 14.4 Å². The molecule has 3 aromatic rings. The summed E-state index contributed by atoms with van der Waals surface area (Å²) in [6, 6.07) is 5.89. The Morgan fingerprint density at radius 2 is 2.05 bits per heavy atom. The lowest BCUT2D eigenvalue weighted by Gasteiger charge is -2.02. The van der Waals surface area contributed by atoms with Gasteiger partial charge in [0.2, 0.25) is 4.96 Å². The SMILES string of the molecule is COCc1nnc2sc(COc3ccc([N+](=O)[O-])cc3)nn12. The molecule has 0 unspecified atom stereocenters. The van der Waals surface area contributed by atoms with Crippen molar-refractivity contribution in [3.8, 4) is 5.75 Å². The molecule has 9 nitrogen and oxygen atoms in total. The summed E-state index contributed by atoms with van der Waals surface area (Å²) in [5, 5.41) is 23.6. The number of hydrogen-bond acceptors (Lipinski definition) is 8. The van der Waals surface area contributed by atoms with E-state index in [1.54, 1.807) is 23.8 Å². The monoisotopic (exact) mass is 321 g/mol. The van der Waals surface area contributed by atoms with Gasteiger partial charge in [-0.15, -0.1) is 10.2 Å². The van der Waals surface area contributed by atoms with E-state index >= 15 is 0 Å². The maximum atomic E-state index is 10.6. The van der Waals surface area contributed by atoms with Gasteiger partial charge in [-0.1, -0.05) is 11.3 Å². The van der Waals surface area contributed by atoms with Crippen LogP contribution in [0.15, 0.2) is 24.3 Å². The number of methoxy groups -OCH3 is 1. The van der Waals surface area contributed by atoms with Crippen LogP contribution in [0.3, 0.4) is 0 Å². The van der Waals surface area contributed by atoms with Crippen molar-refractivity contribution in [2.24, 2.45) is 0 Å². The number of ether oxygens (including phenoxy) is 2. The minimum atomic E-state index is -0.454. The first-order valence-corrected chi connectivity index (χ1v) is 7.05. The molecule has 0 saturated heterocycles. The summed E-state index contributed by atoms with van der Waals surface area (Å²) in [7, 11) is 1.58. The molecule has 0 aliphatic heterocycles. The predicted octanol–water partition coefficient (Wildman–Crippen LogP) is 1.82. The summed E-state index contributed by atoms with van der Waals surface area (Å²) in [6.45, 7) is 0.575. The van der Waals surface area contributed by atoms with Gasteiger partial charge in [0.1, 0.15) is 19.0 Å². The summed E-state index contributed by atoms with van der Waals surface area (Å²) >= 11 is 1.36. The van der Waals surface area contributed by atoms with Crippen molar-refractivity contribution in [2.75, 3.05) is 7.11 Å². The van der Waals surface area contributed by atoms with E-state index in [9.17, 15) is 10.1 Å². The van der Waals surface area contributed by atoms with Gasteiger partial charge in [-0.3, -0.25) is 10.1 Å². The molecule has 1 aromatic carbocycles. The first-order chi connectivity index (χ1) is 10.7. The second-order valence-electron chi connectivity index (χ2n) is 4.28. The lowest BCUT2D eigenvalue weighted by atomic mass is 10.3. The standard InChI is InChI=1S/C12H11N5O4S/c1-20-6-10-13-14-12-16(10)15-11(22-12)7-21-9-4-2-8(3-5-9)17(18)19/h2-5H,6-7H2,1H3. The molecule has 0 saturated carbocycles. The maximum Gasteiger partial charge on any atom is 0.269 e. The average Bonchev–Trinajstić information content (AvgIpc) is 3.07. The molecule has 3 rings (SSSR count). The summed E-state index contributed by atoms with van der Waals surface area (Å²) in [6.07, 6.45) is 0. The molecule has 114 valence electrons. The van der Waals surface area contributed by atoms with Crippen LogP contribution in [0.4, 0.5) is 5.69 Å². The molecule has 0 radical (unpaired) electrons. The molecule has 2 aromatic heterocycles. The highest BCUT2D eigenvalue weighted by molar-refractivity contribution is 7.16.